The smallest absolute Gasteiger partial charge is 0.410 e. The van der Waals surface area contributed by atoms with Crippen LogP contribution in [0.1, 0.15) is 33.2 Å². The Kier molecular flexibility index (Phi) is 7.62. The van der Waals surface area contributed by atoms with Crippen molar-refractivity contribution in [2.45, 2.75) is 19.0 Å². The van der Waals surface area contributed by atoms with Crippen LogP contribution in [-0.4, -0.2) is 65.1 Å². The van der Waals surface area contributed by atoms with Crippen molar-refractivity contribution in [3.05, 3.63) is 76.1 Å². The van der Waals surface area contributed by atoms with Crippen LogP contribution < -0.4 is 16.2 Å². The number of benzene rings is 2. The molecule has 12 heteroatoms. The second kappa shape index (κ2) is 11.3. The van der Waals surface area contributed by atoms with Crippen molar-refractivity contribution < 1.29 is 23.8 Å². The van der Waals surface area contributed by atoms with E-state index in [0.29, 0.717) is 43.5 Å². The van der Waals surface area contributed by atoms with Crippen molar-refractivity contribution >= 4 is 40.3 Å². The Morgan fingerprint density at radius 3 is 2.67 bits per heavy atom. The molecule has 5 N–H and O–H groups in total. The number of primary amides is 1. The van der Waals surface area contributed by atoms with Crippen molar-refractivity contribution in [1.29, 1.82) is 0 Å². The molecule has 2 amide bonds. The number of hydrogen-bond acceptors (Lipinski definition) is 7. The molecule has 2 aromatic heterocycles. The highest BCUT2D eigenvalue weighted by molar-refractivity contribution is 6.31. The Balaban J connectivity index is 1.36. The van der Waals surface area contributed by atoms with Gasteiger partial charge in [-0.1, -0.05) is 23.7 Å². The van der Waals surface area contributed by atoms with E-state index in [0.717, 1.165) is 27.7 Å². The Hall–Kier alpha value is -4.22. The van der Waals surface area contributed by atoms with Crippen LogP contribution in [0.4, 0.5) is 10.6 Å². The summed E-state index contributed by atoms with van der Waals surface area (Å²) in [7, 11) is 1.56. The van der Waals surface area contributed by atoms with E-state index in [1.807, 2.05) is 42.5 Å². The van der Waals surface area contributed by atoms with Crippen LogP contribution in [0.15, 0.2) is 48.7 Å². The van der Waals surface area contributed by atoms with Crippen LogP contribution in [0.5, 0.6) is 5.75 Å². The number of fused-ring (bicyclic) bond motifs is 3. The Morgan fingerprint density at radius 2 is 1.95 bits per heavy atom. The predicted molar refractivity (Wildman–Crippen MR) is 146 cm³/mol. The Morgan fingerprint density at radius 1 is 1.15 bits per heavy atom. The fourth-order valence-corrected chi connectivity index (χ4v) is 5.02. The van der Waals surface area contributed by atoms with Crippen molar-refractivity contribution in [2.75, 3.05) is 39.2 Å². The van der Waals surface area contributed by atoms with Crippen LogP contribution in [0, 0.1) is 0 Å². The monoisotopic (exact) mass is 552 g/mol. The summed E-state index contributed by atoms with van der Waals surface area (Å²) in [6.45, 7) is 1.66. The third-order valence-corrected chi connectivity index (χ3v) is 6.91. The highest BCUT2D eigenvalue weighted by atomic mass is 35.5. The summed E-state index contributed by atoms with van der Waals surface area (Å²) < 4.78 is 17.9. The minimum atomic E-state index is -0.629. The molecule has 0 saturated carbocycles. The normalized spacial score (nSPS) is 14.8. The minimum Gasteiger partial charge on any atom is -0.492 e. The van der Waals surface area contributed by atoms with E-state index >= 15 is 0 Å². The maximum Gasteiger partial charge on any atom is 0.410 e. The van der Waals surface area contributed by atoms with Gasteiger partial charge >= 0.3 is 6.09 Å². The summed E-state index contributed by atoms with van der Waals surface area (Å²) in [4.78, 5) is 29.7. The molecular formula is C27H29ClN6O5. The third-order valence-electron chi connectivity index (χ3n) is 6.68. The number of hydrogen-bond donors (Lipinski definition) is 3. The van der Waals surface area contributed by atoms with Gasteiger partial charge in [-0.15, -0.1) is 0 Å². The van der Waals surface area contributed by atoms with Crippen LogP contribution in [0.3, 0.4) is 0 Å². The van der Waals surface area contributed by atoms with Crippen molar-refractivity contribution in [1.82, 2.24) is 19.7 Å². The van der Waals surface area contributed by atoms with Gasteiger partial charge in [-0.25, -0.2) is 4.79 Å². The predicted octanol–water partition coefficient (Wildman–Crippen LogP) is 3.51. The first-order chi connectivity index (χ1) is 18.9. The first kappa shape index (κ1) is 26.4. The molecule has 0 saturated heterocycles. The zero-order valence-corrected chi connectivity index (χ0v) is 22.1. The Bertz CT molecular complexity index is 1500. The van der Waals surface area contributed by atoms with E-state index in [-0.39, 0.29) is 24.0 Å². The topological polar surface area (TPSA) is 151 Å². The molecule has 1 atom stereocenters. The van der Waals surface area contributed by atoms with Gasteiger partial charge in [-0.2, -0.15) is 5.10 Å². The second-order valence-electron chi connectivity index (χ2n) is 9.13. The number of methoxy groups -OCH3 is 1. The van der Waals surface area contributed by atoms with Crippen LogP contribution in [0.2, 0.25) is 5.02 Å². The lowest BCUT2D eigenvalue weighted by Crippen LogP contribution is -2.41. The van der Waals surface area contributed by atoms with E-state index < -0.39 is 12.0 Å². The Labute approximate surface area is 229 Å². The summed E-state index contributed by atoms with van der Waals surface area (Å²) in [6, 6.07) is 12.9. The molecule has 204 valence electrons. The number of amides is 2. The summed E-state index contributed by atoms with van der Waals surface area (Å²) in [5.41, 5.74) is 15.1. The largest absolute Gasteiger partial charge is 0.492 e. The molecule has 1 aliphatic heterocycles. The quantitative estimate of drug-likeness (QED) is 0.269. The van der Waals surface area contributed by atoms with E-state index in [2.05, 4.69) is 10.1 Å². The number of aromatic amines is 1. The number of anilines is 1. The van der Waals surface area contributed by atoms with E-state index in [1.165, 1.54) is 10.9 Å². The maximum absolute atomic E-state index is 13.1. The molecule has 1 unspecified atom stereocenters. The standard InChI is InChI=1S/C27H29ClN6O5/c1-37-12-13-39-27(36)34-9-8-19-20-14-17(28)4-7-22(20)31-23(19)24(34)16-2-5-18(6-3-16)38-11-10-33-15-21(26(30)35)25(29)32-33/h2-7,14-15,24,31H,8-13H2,1H3,(H2,29,32)(H2,30,35). The number of ether oxygens (including phenoxy) is 3. The zero-order valence-electron chi connectivity index (χ0n) is 21.4. The molecule has 0 bridgehead atoms. The molecule has 2 aromatic carbocycles. The fourth-order valence-electron chi connectivity index (χ4n) is 4.84. The highest BCUT2D eigenvalue weighted by Gasteiger charge is 2.35. The molecule has 5 rings (SSSR count). The minimum absolute atomic E-state index is 0.0863. The molecule has 0 radical (unpaired) electrons. The fraction of sp³-hybridized carbons (Fsp3) is 0.296. The third kappa shape index (κ3) is 5.50. The van der Waals surface area contributed by atoms with Gasteiger partial charge in [0.25, 0.3) is 5.91 Å². The van der Waals surface area contributed by atoms with Gasteiger partial charge in [0.1, 0.15) is 30.6 Å². The van der Waals surface area contributed by atoms with Crippen molar-refractivity contribution in [3.63, 3.8) is 0 Å². The summed E-state index contributed by atoms with van der Waals surface area (Å²) in [5, 5.41) is 5.79. The number of carbonyl (C=O) groups is 2. The number of nitrogen functional groups attached to an aromatic ring is 1. The molecule has 4 aromatic rings. The van der Waals surface area contributed by atoms with Crippen molar-refractivity contribution in [3.8, 4) is 5.75 Å². The van der Waals surface area contributed by atoms with Gasteiger partial charge in [0.2, 0.25) is 0 Å². The summed E-state index contributed by atoms with van der Waals surface area (Å²) in [5.74, 6) is 0.0988. The van der Waals surface area contributed by atoms with Crippen LogP contribution in [-0.2, 0) is 22.4 Å². The average molecular weight is 553 g/mol. The second-order valence-corrected chi connectivity index (χ2v) is 9.57. The molecule has 3 heterocycles. The summed E-state index contributed by atoms with van der Waals surface area (Å²) in [6.07, 6.45) is 1.76. The number of nitrogens with zero attached hydrogens (tertiary/aromatic N) is 3. The van der Waals surface area contributed by atoms with Crippen molar-refractivity contribution in [2.24, 2.45) is 5.73 Å². The van der Waals surface area contributed by atoms with Gasteiger partial charge in [0.05, 0.1) is 13.2 Å². The molecular weight excluding hydrogens is 524 g/mol. The van der Waals surface area contributed by atoms with Gasteiger partial charge in [-0.3, -0.25) is 14.4 Å². The van der Waals surface area contributed by atoms with Crippen LogP contribution in [0.25, 0.3) is 10.9 Å². The number of nitrogens with two attached hydrogens (primary N) is 2. The van der Waals surface area contributed by atoms with E-state index in [9.17, 15) is 9.59 Å². The SMILES string of the molecule is COCCOC(=O)N1CCc2c([nH]c3ccc(Cl)cc23)C1c1ccc(OCCn2cc(C(N)=O)c(N)n2)cc1. The number of halogens is 1. The zero-order chi connectivity index (χ0) is 27.5. The van der Waals surface area contributed by atoms with Crippen LogP contribution >= 0.6 is 11.6 Å². The summed E-state index contributed by atoms with van der Waals surface area (Å²) >= 11 is 6.29. The number of nitrogens with one attached hydrogen (secondary N) is 1. The molecule has 0 spiro atoms. The molecule has 0 fully saturated rings. The van der Waals surface area contributed by atoms with E-state index in [1.54, 1.807) is 12.0 Å². The van der Waals surface area contributed by atoms with Gasteiger partial charge in [0.15, 0.2) is 5.82 Å². The first-order valence-electron chi connectivity index (χ1n) is 12.4. The van der Waals surface area contributed by atoms with E-state index in [4.69, 9.17) is 37.3 Å². The number of aromatic nitrogens is 3. The number of carbonyl (C=O) groups excluding carboxylic acids is 2. The lowest BCUT2D eigenvalue weighted by Gasteiger charge is -2.35. The molecule has 0 aliphatic carbocycles. The first-order valence-corrected chi connectivity index (χ1v) is 12.8. The number of rotatable bonds is 9. The molecule has 39 heavy (non-hydrogen) atoms. The highest BCUT2D eigenvalue weighted by Crippen LogP contribution is 2.39. The molecule has 1 aliphatic rings. The lowest BCUT2D eigenvalue weighted by atomic mass is 9.92. The van der Waals surface area contributed by atoms with Gasteiger partial charge < -0.3 is 30.7 Å². The number of H-pyrrole nitrogens is 1. The molecule has 11 nitrogen and oxygen atoms in total. The maximum atomic E-state index is 13.1. The lowest BCUT2D eigenvalue weighted by molar-refractivity contribution is 0.0629. The van der Waals surface area contributed by atoms with Gasteiger partial charge in [-0.05, 0) is 47.9 Å². The average Bonchev–Trinajstić information content (AvgIpc) is 3.48. The van der Waals surface area contributed by atoms with Gasteiger partial charge in [0, 0.05) is 41.5 Å².